The van der Waals surface area contributed by atoms with Crippen LogP contribution in [0.1, 0.15) is 16.7 Å². The first-order valence-corrected chi connectivity index (χ1v) is 11.1. The van der Waals surface area contributed by atoms with Crippen molar-refractivity contribution in [2.45, 2.75) is 13.5 Å². The molecule has 3 aromatic carbocycles. The second-order valence-corrected chi connectivity index (χ2v) is 8.37. The molecule has 1 aliphatic rings. The molecule has 5 rings (SSSR count). The Bertz CT molecular complexity index is 1500. The Labute approximate surface area is 202 Å². The third-order valence-corrected chi connectivity index (χ3v) is 5.99. The van der Waals surface area contributed by atoms with E-state index in [1.54, 1.807) is 30.3 Å². The van der Waals surface area contributed by atoms with Crippen LogP contribution in [0.5, 0.6) is 5.75 Å². The van der Waals surface area contributed by atoms with Crippen LogP contribution in [0.4, 0.5) is 10.5 Å². The number of amides is 4. The number of ether oxygens (including phenoxy) is 1. The number of aromatic nitrogens is 1. The fraction of sp³-hybridized carbons (Fsp3) is 0.107. The summed E-state index contributed by atoms with van der Waals surface area (Å²) in [4.78, 5) is 39.5. The number of hydrogen-bond donors (Lipinski definition) is 1. The molecule has 1 fully saturated rings. The number of fused-ring (bicyclic) bond motifs is 1. The van der Waals surface area contributed by atoms with Crippen LogP contribution in [0.25, 0.3) is 17.0 Å². The third-order valence-electron chi connectivity index (χ3n) is 5.99. The van der Waals surface area contributed by atoms with Gasteiger partial charge in [-0.15, -0.1) is 0 Å². The van der Waals surface area contributed by atoms with Crippen molar-refractivity contribution in [3.63, 3.8) is 0 Å². The van der Waals surface area contributed by atoms with Gasteiger partial charge < -0.3 is 9.30 Å². The number of carbonyl (C=O) groups excluding carboxylic acids is 3. The molecular weight excluding hydrogens is 442 g/mol. The van der Waals surface area contributed by atoms with E-state index in [9.17, 15) is 14.4 Å². The number of nitrogens with zero attached hydrogens (tertiary/aromatic N) is 2. The van der Waals surface area contributed by atoms with E-state index in [0.29, 0.717) is 18.0 Å². The predicted molar refractivity (Wildman–Crippen MR) is 134 cm³/mol. The van der Waals surface area contributed by atoms with Gasteiger partial charge in [0.1, 0.15) is 11.3 Å². The predicted octanol–water partition coefficient (Wildman–Crippen LogP) is 4.67. The van der Waals surface area contributed by atoms with E-state index in [1.807, 2.05) is 36.5 Å². The van der Waals surface area contributed by atoms with Crippen molar-refractivity contribution in [1.29, 1.82) is 0 Å². The third kappa shape index (κ3) is 4.19. The van der Waals surface area contributed by atoms with Crippen LogP contribution >= 0.6 is 0 Å². The SMILES string of the molecule is COc1ccc(N2C(=O)NC(=O)C(=Cc3cn(Cc4cccc(C)c4)c4ccccc34)C2=O)cc1. The van der Waals surface area contributed by atoms with Gasteiger partial charge in [-0.2, -0.15) is 0 Å². The molecule has 0 saturated carbocycles. The molecule has 0 unspecified atom stereocenters. The minimum Gasteiger partial charge on any atom is -0.497 e. The molecule has 4 amide bonds. The summed E-state index contributed by atoms with van der Waals surface area (Å²) in [6, 6.07) is 21.8. The topological polar surface area (TPSA) is 80.6 Å². The van der Waals surface area contributed by atoms with Gasteiger partial charge in [-0.25, -0.2) is 9.69 Å². The Morgan fingerprint density at radius 1 is 0.943 bits per heavy atom. The molecule has 1 aromatic heterocycles. The van der Waals surface area contributed by atoms with Crippen molar-refractivity contribution in [2.24, 2.45) is 0 Å². The monoisotopic (exact) mass is 465 g/mol. The molecule has 1 saturated heterocycles. The van der Waals surface area contributed by atoms with Gasteiger partial charge in [0.05, 0.1) is 12.8 Å². The number of anilines is 1. The summed E-state index contributed by atoms with van der Waals surface area (Å²) in [7, 11) is 1.53. The van der Waals surface area contributed by atoms with Crippen LogP contribution in [0.15, 0.2) is 84.6 Å². The van der Waals surface area contributed by atoms with Crippen molar-refractivity contribution in [1.82, 2.24) is 9.88 Å². The van der Waals surface area contributed by atoms with Crippen molar-refractivity contribution in [3.05, 3.63) is 101 Å². The number of methoxy groups -OCH3 is 1. The van der Waals surface area contributed by atoms with Gasteiger partial charge in [0.25, 0.3) is 11.8 Å². The quantitative estimate of drug-likeness (QED) is 0.343. The molecule has 35 heavy (non-hydrogen) atoms. The molecule has 0 radical (unpaired) electrons. The lowest BCUT2D eigenvalue weighted by atomic mass is 10.1. The lowest BCUT2D eigenvalue weighted by molar-refractivity contribution is -0.122. The van der Waals surface area contributed by atoms with E-state index >= 15 is 0 Å². The van der Waals surface area contributed by atoms with E-state index in [0.717, 1.165) is 26.9 Å². The zero-order chi connectivity index (χ0) is 24.5. The molecule has 174 valence electrons. The fourth-order valence-corrected chi connectivity index (χ4v) is 4.31. The first kappa shape index (κ1) is 22.2. The van der Waals surface area contributed by atoms with Crippen molar-refractivity contribution in [2.75, 3.05) is 12.0 Å². The van der Waals surface area contributed by atoms with Crippen LogP contribution in [-0.2, 0) is 16.1 Å². The first-order valence-electron chi connectivity index (χ1n) is 11.1. The Morgan fingerprint density at radius 2 is 1.71 bits per heavy atom. The highest BCUT2D eigenvalue weighted by Gasteiger charge is 2.37. The van der Waals surface area contributed by atoms with Crippen molar-refractivity contribution in [3.8, 4) is 5.75 Å². The van der Waals surface area contributed by atoms with Gasteiger partial charge in [-0.05, 0) is 48.9 Å². The summed E-state index contributed by atoms with van der Waals surface area (Å²) in [5, 5.41) is 3.18. The molecule has 7 nitrogen and oxygen atoms in total. The maximum atomic E-state index is 13.3. The highest BCUT2D eigenvalue weighted by atomic mass is 16.5. The Hall–Kier alpha value is -4.65. The van der Waals surface area contributed by atoms with Crippen LogP contribution < -0.4 is 15.0 Å². The van der Waals surface area contributed by atoms with Crippen LogP contribution in [0, 0.1) is 6.92 Å². The molecule has 7 heteroatoms. The van der Waals surface area contributed by atoms with E-state index in [2.05, 4.69) is 35.0 Å². The minimum absolute atomic E-state index is 0.112. The average Bonchev–Trinajstić information content (AvgIpc) is 3.19. The molecule has 1 aliphatic heterocycles. The molecule has 4 aromatic rings. The fourth-order valence-electron chi connectivity index (χ4n) is 4.31. The molecule has 0 aliphatic carbocycles. The highest BCUT2D eigenvalue weighted by Crippen LogP contribution is 2.28. The zero-order valence-corrected chi connectivity index (χ0v) is 19.3. The molecule has 1 N–H and O–H groups in total. The Kier molecular flexibility index (Phi) is 5.66. The van der Waals surface area contributed by atoms with Gasteiger partial charge in [0, 0.05) is 29.2 Å². The van der Waals surface area contributed by atoms with Gasteiger partial charge in [-0.1, -0.05) is 48.0 Å². The maximum absolute atomic E-state index is 13.3. The molecular formula is C28H23N3O4. The number of benzene rings is 3. The number of urea groups is 1. The Balaban J connectivity index is 1.55. The van der Waals surface area contributed by atoms with Crippen molar-refractivity contribution >= 4 is 40.5 Å². The number of hydrogen-bond acceptors (Lipinski definition) is 4. The van der Waals surface area contributed by atoms with Crippen LogP contribution in [0.2, 0.25) is 0 Å². The normalized spacial score (nSPS) is 15.1. The number of nitrogens with one attached hydrogen (secondary N) is 1. The molecule has 2 heterocycles. The lowest BCUT2D eigenvalue weighted by Gasteiger charge is -2.26. The van der Waals surface area contributed by atoms with Crippen molar-refractivity contribution < 1.29 is 19.1 Å². The molecule has 0 spiro atoms. The van der Waals surface area contributed by atoms with Crippen LogP contribution in [0.3, 0.4) is 0 Å². The van der Waals surface area contributed by atoms with Gasteiger partial charge in [0.2, 0.25) is 0 Å². The van der Waals surface area contributed by atoms with E-state index in [1.165, 1.54) is 12.7 Å². The number of para-hydroxylation sites is 1. The largest absolute Gasteiger partial charge is 0.497 e. The average molecular weight is 466 g/mol. The smallest absolute Gasteiger partial charge is 0.335 e. The Morgan fingerprint density at radius 3 is 2.46 bits per heavy atom. The number of barbiturate groups is 1. The summed E-state index contributed by atoms with van der Waals surface area (Å²) in [5.74, 6) is -0.813. The maximum Gasteiger partial charge on any atom is 0.335 e. The molecule has 0 bridgehead atoms. The lowest BCUT2D eigenvalue weighted by Crippen LogP contribution is -2.54. The summed E-state index contributed by atoms with van der Waals surface area (Å²) >= 11 is 0. The second-order valence-electron chi connectivity index (χ2n) is 8.37. The van der Waals surface area contributed by atoms with Gasteiger partial charge >= 0.3 is 6.03 Å². The number of rotatable bonds is 5. The van der Waals surface area contributed by atoms with Gasteiger partial charge in [-0.3, -0.25) is 14.9 Å². The van der Waals surface area contributed by atoms with E-state index < -0.39 is 17.8 Å². The van der Waals surface area contributed by atoms with E-state index in [4.69, 9.17) is 4.74 Å². The zero-order valence-electron chi connectivity index (χ0n) is 19.3. The number of carbonyl (C=O) groups is 3. The first-order chi connectivity index (χ1) is 16.9. The summed E-state index contributed by atoms with van der Waals surface area (Å²) < 4.78 is 7.24. The molecule has 0 atom stereocenters. The highest BCUT2D eigenvalue weighted by molar-refractivity contribution is 6.39. The summed E-state index contributed by atoms with van der Waals surface area (Å²) in [6.45, 7) is 2.69. The summed E-state index contributed by atoms with van der Waals surface area (Å²) in [6.07, 6.45) is 3.48. The summed E-state index contributed by atoms with van der Waals surface area (Å²) in [5.41, 5.74) is 4.25. The second kappa shape index (κ2) is 8.95. The number of aryl methyl sites for hydroxylation is 1. The minimum atomic E-state index is -0.788. The van der Waals surface area contributed by atoms with Crippen LogP contribution in [-0.4, -0.2) is 29.5 Å². The van der Waals surface area contributed by atoms with E-state index in [-0.39, 0.29) is 5.57 Å². The standard InChI is InChI=1S/C28H23N3O4/c1-18-6-5-7-19(14-18)16-30-17-20(23-8-3-4-9-25(23)30)15-24-26(32)29-28(34)31(27(24)33)21-10-12-22(35-2)13-11-21/h3-15,17H,16H2,1-2H3,(H,29,32,34). The van der Waals surface area contributed by atoms with Gasteiger partial charge in [0.15, 0.2) is 0 Å². The number of imide groups is 2.